The van der Waals surface area contributed by atoms with E-state index in [0.717, 1.165) is 31.3 Å². The van der Waals surface area contributed by atoms with Gasteiger partial charge in [0.15, 0.2) is 11.8 Å². The summed E-state index contributed by atoms with van der Waals surface area (Å²) in [6.07, 6.45) is 0.682. The summed E-state index contributed by atoms with van der Waals surface area (Å²) in [5.41, 5.74) is 0. The van der Waals surface area contributed by atoms with Crippen LogP contribution in [0.5, 0.6) is 0 Å². The van der Waals surface area contributed by atoms with Gasteiger partial charge in [-0.2, -0.15) is 16.7 Å². The molecule has 1 aliphatic rings. The number of nitrogens with one attached hydrogen (secondary N) is 1. The van der Waals surface area contributed by atoms with E-state index in [-0.39, 0.29) is 28.7 Å². The summed E-state index contributed by atoms with van der Waals surface area (Å²) in [6, 6.07) is 0. The molecule has 1 N–H and O–H groups in total. The van der Waals surface area contributed by atoms with E-state index in [4.69, 9.17) is 9.52 Å². The molecule has 2 heterocycles. The van der Waals surface area contributed by atoms with Crippen molar-refractivity contribution in [1.82, 2.24) is 20.4 Å². The van der Waals surface area contributed by atoms with Crippen LogP contribution in [0.15, 0.2) is 9.52 Å². The monoisotopic (exact) mass is 439 g/mol. The molecule has 8 heteroatoms. The van der Waals surface area contributed by atoms with E-state index in [1.54, 1.807) is 0 Å². The maximum atomic E-state index is 5.12. The van der Waals surface area contributed by atoms with Crippen molar-refractivity contribution in [2.24, 2.45) is 4.99 Å². The van der Waals surface area contributed by atoms with Gasteiger partial charge in [0, 0.05) is 36.6 Å². The third-order valence-corrected chi connectivity index (χ3v) is 4.51. The number of rotatable bonds is 4. The predicted octanol–water partition coefficient (Wildman–Crippen LogP) is 2.33. The predicted molar refractivity (Wildman–Crippen MR) is 102 cm³/mol. The smallest absolute Gasteiger partial charge is 0.228 e. The average molecular weight is 439 g/mol. The van der Waals surface area contributed by atoms with E-state index in [2.05, 4.69) is 41.1 Å². The van der Waals surface area contributed by atoms with Crippen LogP contribution in [-0.2, 0) is 6.42 Å². The second-order valence-corrected chi connectivity index (χ2v) is 7.55. The van der Waals surface area contributed by atoms with Gasteiger partial charge in [-0.05, 0) is 27.7 Å². The van der Waals surface area contributed by atoms with E-state index in [0.29, 0.717) is 24.7 Å². The van der Waals surface area contributed by atoms with Crippen LogP contribution in [0.3, 0.4) is 0 Å². The number of guanidine groups is 1. The van der Waals surface area contributed by atoms with Crippen LogP contribution in [0.4, 0.5) is 0 Å². The van der Waals surface area contributed by atoms with Crippen LogP contribution >= 0.6 is 35.7 Å². The van der Waals surface area contributed by atoms with Gasteiger partial charge >= 0.3 is 0 Å². The quantitative estimate of drug-likeness (QED) is 0.442. The van der Waals surface area contributed by atoms with E-state index < -0.39 is 0 Å². The molecule has 126 valence electrons. The third-order valence-electron chi connectivity index (χ3n) is 3.22. The zero-order chi connectivity index (χ0) is 15.3. The standard InChI is InChI=1S/C14H25N5OS.HI/c1-5-15-13(19-8-9-21-14(3,4)10-19)16-7-6-12-17-11(2)18-20-12;/h5-10H2,1-4H3,(H,15,16);1H. The van der Waals surface area contributed by atoms with Crippen molar-refractivity contribution in [2.45, 2.75) is 38.9 Å². The van der Waals surface area contributed by atoms with Crippen molar-refractivity contribution < 1.29 is 4.52 Å². The van der Waals surface area contributed by atoms with E-state index in [1.807, 2.05) is 18.7 Å². The second kappa shape index (κ2) is 8.95. The summed E-state index contributed by atoms with van der Waals surface area (Å²) in [6.45, 7) is 12.1. The zero-order valence-corrected chi connectivity index (χ0v) is 16.9. The molecule has 1 saturated heterocycles. The molecule has 0 aliphatic carbocycles. The van der Waals surface area contributed by atoms with Crippen molar-refractivity contribution in [3.05, 3.63) is 11.7 Å². The topological polar surface area (TPSA) is 66.5 Å². The fraction of sp³-hybridized carbons (Fsp3) is 0.786. The molecule has 0 bridgehead atoms. The number of aromatic nitrogens is 2. The number of halogens is 1. The highest BCUT2D eigenvalue weighted by molar-refractivity contribution is 14.0. The van der Waals surface area contributed by atoms with E-state index in [1.165, 1.54) is 0 Å². The first-order chi connectivity index (χ1) is 10.00. The molecule has 0 unspecified atom stereocenters. The van der Waals surface area contributed by atoms with Gasteiger partial charge in [0.2, 0.25) is 5.89 Å². The molecule has 1 aromatic rings. The van der Waals surface area contributed by atoms with Crippen molar-refractivity contribution in [2.75, 3.05) is 31.9 Å². The normalized spacial score (nSPS) is 18.0. The summed E-state index contributed by atoms with van der Waals surface area (Å²) in [5, 5.41) is 7.18. The SMILES string of the molecule is CCNC(=NCCc1nc(C)no1)N1CCSC(C)(C)C1.I. The molecule has 0 aromatic carbocycles. The summed E-state index contributed by atoms with van der Waals surface area (Å²) < 4.78 is 5.39. The summed E-state index contributed by atoms with van der Waals surface area (Å²) in [4.78, 5) is 11.3. The van der Waals surface area contributed by atoms with Crippen LogP contribution in [-0.4, -0.2) is 57.7 Å². The van der Waals surface area contributed by atoms with Gasteiger partial charge in [0.05, 0.1) is 6.54 Å². The molecule has 1 fully saturated rings. The molecule has 0 radical (unpaired) electrons. The lowest BCUT2D eigenvalue weighted by atomic mass is 10.2. The molecule has 6 nitrogen and oxygen atoms in total. The molecule has 0 atom stereocenters. The van der Waals surface area contributed by atoms with Crippen LogP contribution in [0.1, 0.15) is 32.5 Å². The highest BCUT2D eigenvalue weighted by Gasteiger charge is 2.28. The molecular formula is C14H26IN5OS. The van der Waals surface area contributed by atoms with Crippen molar-refractivity contribution >= 4 is 41.7 Å². The Hall–Kier alpha value is -0.510. The first-order valence-electron chi connectivity index (χ1n) is 7.46. The third kappa shape index (κ3) is 5.94. The summed E-state index contributed by atoms with van der Waals surface area (Å²) in [7, 11) is 0. The molecule has 2 rings (SSSR count). The zero-order valence-electron chi connectivity index (χ0n) is 13.8. The van der Waals surface area contributed by atoms with Crippen molar-refractivity contribution in [3.63, 3.8) is 0 Å². The van der Waals surface area contributed by atoms with E-state index >= 15 is 0 Å². The number of thioether (sulfide) groups is 1. The van der Waals surface area contributed by atoms with Crippen LogP contribution in [0.2, 0.25) is 0 Å². The van der Waals surface area contributed by atoms with Gasteiger partial charge in [-0.1, -0.05) is 5.16 Å². The highest BCUT2D eigenvalue weighted by atomic mass is 127. The molecule has 0 saturated carbocycles. The Labute approximate surface area is 153 Å². The van der Waals surface area contributed by atoms with Crippen molar-refractivity contribution in [1.29, 1.82) is 0 Å². The molecular weight excluding hydrogens is 413 g/mol. The molecule has 22 heavy (non-hydrogen) atoms. The minimum Gasteiger partial charge on any atom is -0.357 e. The number of nitrogens with zero attached hydrogens (tertiary/aromatic N) is 4. The Morgan fingerprint density at radius 2 is 2.27 bits per heavy atom. The second-order valence-electron chi connectivity index (χ2n) is 5.75. The number of aryl methyl sites for hydroxylation is 1. The van der Waals surface area contributed by atoms with Gasteiger partial charge in [-0.3, -0.25) is 4.99 Å². The maximum absolute atomic E-state index is 5.12. The largest absolute Gasteiger partial charge is 0.357 e. The summed E-state index contributed by atoms with van der Waals surface area (Å²) in [5.74, 6) is 3.46. The van der Waals surface area contributed by atoms with Crippen LogP contribution < -0.4 is 5.32 Å². The first-order valence-corrected chi connectivity index (χ1v) is 8.45. The van der Waals surface area contributed by atoms with Gasteiger partial charge in [0.25, 0.3) is 0 Å². The maximum Gasteiger partial charge on any atom is 0.228 e. The van der Waals surface area contributed by atoms with Crippen LogP contribution in [0.25, 0.3) is 0 Å². The van der Waals surface area contributed by atoms with Gasteiger partial charge in [-0.15, -0.1) is 24.0 Å². The first kappa shape index (κ1) is 19.5. The molecule has 0 amide bonds. The average Bonchev–Trinajstić information content (AvgIpc) is 2.82. The van der Waals surface area contributed by atoms with E-state index in [9.17, 15) is 0 Å². The molecule has 0 spiro atoms. The lowest BCUT2D eigenvalue weighted by molar-refractivity contribution is 0.370. The van der Waals surface area contributed by atoms with Gasteiger partial charge < -0.3 is 14.7 Å². The lowest BCUT2D eigenvalue weighted by Crippen LogP contribution is -2.51. The Morgan fingerprint density at radius 3 is 2.86 bits per heavy atom. The van der Waals surface area contributed by atoms with Crippen LogP contribution in [0, 0.1) is 6.92 Å². The lowest BCUT2D eigenvalue weighted by Gasteiger charge is -2.39. The minimum atomic E-state index is 0. The Morgan fingerprint density at radius 1 is 1.50 bits per heavy atom. The Bertz CT molecular complexity index is 491. The Balaban J connectivity index is 0.00000242. The van der Waals surface area contributed by atoms with Gasteiger partial charge in [-0.25, -0.2) is 0 Å². The van der Waals surface area contributed by atoms with Gasteiger partial charge in [0.1, 0.15) is 0 Å². The fourth-order valence-electron chi connectivity index (χ4n) is 2.32. The molecule has 1 aliphatic heterocycles. The van der Waals surface area contributed by atoms with Crippen molar-refractivity contribution in [3.8, 4) is 0 Å². The molecule has 1 aromatic heterocycles. The highest BCUT2D eigenvalue weighted by Crippen LogP contribution is 2.29. The minimum absolute atomic E-state index is 0. The fourth-order valence-corrected chi connectivity index (χ4v) is 3.43. The summed E-state index contributed by atoms with van der Waals surface area (Å²) >= 11 is 2.03. The number of aliphatic imine (C=N–C) groups is 1. The number of hydrogen-bond donors (Lipinski definition) is 1. The number of hydrogen-bond acceptors (Lipinski definition) is 5. The Kier molecular flexibility index (Phi) is 7.95.